The molecule has 1 aliphatic rings. The SMILES string of the molecule is CC(=O)c1c(C)nsc1N1CC(C(N)=O)CC1=O. The van der Waals surface area contributed by atoms with Gasteiger partial charge >= 0.3 is 0 Å². The zero-order chi connectivity index (χ0) is 13.4. The van der Waals surface area contributed by atoms with Crippen molar-refractivity contribution in [2.24, 2.45) is 11.7 Å². The molecule has 1 fully saturated rings. The van der Waals surface area contributed by atoms with Crippen molar-refractivity contribution in [3.05, 3.63) is 11.3 Å². The van der Waals surface area contributed by atoms with E-state index >= 15 is 0 Å². The number of nitrogens with two attached hydrogens (primary N) is 1. The molecular formula is C11H13N3O3S. The Hall–Kier alpha value is -1.76. The average Bonchev–Trinajstić information content (AvgIpc) is 2.81. The van der Waals surface area contributed by atoms with E-state index in [2.05, 4.69) is 4.37 Å². The third kappa shape index (κ3) is 2.01. The van der Waals surface area contributed by atoms with E-state index in [4.69, 9.17) is 5.73 Å². The molecule has 1 aromatic heterocycles. The summed E-state index contributed by atoms with van der Waals surface area (Å²) < 4.78 is 4.10. The third-order valence-corrected chi connectivity index (χ3v) is 3.93. The minimum absolute atomic E-state index is 0.101. The van der Waals surface area contributed by atoms with Gasteiger partial charge in [-0.05, 0) is 25.4 Å². The lowest BCUT2D eigenvalue weighted by molar-refractivity contribution is -0.123. The van der Waals surface area contributed by atoms with Crippen LogP contribution in [-0.2, 0) is 9.59 Å². The van der Waals surface area contributed by atoms with E-state index in [9.17, 15) is 14.4 Å². The van der Waals surface area contributed by atoms with E-state index in [0.717, 1.165) is 11.5 Å². The van der Waals surface area contributed by atoms with Crippen LogP contribution in [0.2, 0.25) is 0 Å². The molecule has 2 amide bonds. The smallest absolute Gasteiger partial charge is 0.228 e. The number of primary amides is 1. The number of Topliss-reactive ketones (excluding diaryl/α,β-unsaturated/α-hetero) is 1. The Labute approximate surface area is 108 Å². The molecule has 2 heterocycles. The summed E-state index contributed by atoms with van der Waals surface area (Å²) in [5, 5.41) is 0.522. The molecule has 2 rings (SSSR count). The summed E-state index contributed by atoms with van der Waals surface area (Å²) in [6.07, 6.45) is 0.101. The molecule has 1 aromatic rings. The molecule has 2 N–H and O–H groups in total. The number of carbonyl (C=O) groups is 3. The molecule has 0 aromatic carbocycles. The zero-order valence-electron chi connectivity index (χ0n) is 10.1. The molecular weight excluding hydrogens is 254 g/mol. The normalized spacial score (nSPS) is 19.3. The van der Waals surface area contributed by atoms with E-state index in [1.165, 1.54) is 11.8 Å². The van der Waals surface area contributed by atoms with Crippen LogP contribution in [0.3, 0.4) is 0 Å². The molecule has 18 heavy (non-hydrogen) atoms. The summed E-state index contributed by atoms with van der Waals surface area (Å²) in [6, 6.07) is 0. The highest BCUT2D eigenvalue weighted by Crippen LogP contribution is 2.33. The fraction of sp³-hybridized carbons (Fsp3) is 0.455. The van der Waals surface area contributed by atoms with Crippen molar-refractivity contribution in [3.63, 3.8) is 0 Å². The van der Waals surface area contributed by atoms with Crippen LogP contribution < -0.4 is 10.6 Å². The number of carbonyl (C=O) groups excluding carboxylic acids is 3. The number of anilines is 1. The second-order valence-corrected chi connectivity index (χ2v) is 5.06. The van der Waals surface area contributed by atoms with Crippen molar-refractivity contribution in [2.75, 3.05) is 11.4 Å². The first-order valence-electron chi connectivity index (χ1n) is 5.48. The minimum Gasteiger partial charge on any atom is -0.369 e. The van der Waals surface area contributed by atoms with Gasteiger partial charge in [-0.1, -0.05) is 0 Å². The van der Waals surface area contributed by atoms with Crippen LogP contribution in [0.4, 0.5) is 5.00 Å². The van der Waals surface area contributed by atoms with E-state index in [0.29, 0.717) is 16.3 Å². The number of aromatic nitrogens is 1. The monoisotopic (exact) mass is 267 g/mol. The summed E-state index contributed by atoms with van der Waals surface area (Å²) in [7, 11) is 0. The number of rotatable bonds is 3. The molecule has 1 aliphatic heterocycles. The molecule has 1 unspecified atom stereocenters. The fourth-order valence-electron chi connectivity index (χ4n) is 2.04. The maximum absolute atomic E-state index is 11.9. The second kappa shape index (κ2) is 4.49. The predicted molar refractivity (Wildman–Crippen MR) is 66.5 cm³/mol. The van der Waals surface area contributed by atoms with Gasteiger partial charge in [-0.15, -0.1) is 0 Å². The highest BCUT2D eigenvalue weighted by Gasteiger charge is 2.36. The quantitative estimate of drug-likeness (QED) is 0.807. The number of amides is 2. The summed E-state index contributed by atoms with van der Waals surface area (Å²) in [5.41, 5.74) is 6.27. The first-order chi connectivity index (χ1) is 8.41. The maximum Gasteiger partial charge on any atom is 0.228 e. The molecule has 1 saturated heterocycles. The molecule has 1 atom stereocenters. The highest BCUT2D eigenvalue weighted by atomic mass is 32.1. The third-order valence-electron chi connectivity index (χ3n) is 2.97. The van der Waals surface area contributed by atoms with Crippen molar-refractivity contribution < 1.29 is 14.4 Å². The molecule has 6 nitrogen and oxygen atoms in total. The van der Waals surface area contributed by atoms with Gasteiger partial charge in [0.2, 0.25) is 11.8 Å². The van der Waals surface area contributed by atoms with Crippen LogP contribution in [0, 0.1) is 12.8 Å². The van der Waals surface area contributed by atoms with E-state index < -0.39 is 11.8 Å². The van der Waals surface area contributed by atoms with Crippen LogP contribution in [0.25, 0.3) is 0 Å². The Balaban J connectivity index is 2.36. The molecule has 0 aliphatic carbocycles. The van der Waals surface area contributed by atoms with Gasteiger partial charge in [0, 0.05) is 13.0 Å². The van der Waals surface area contributed by atoms with Crippen molar-refractivity contribution in [3.8, 4) is 0 Å². The summed E-state index contributed by atoms with van der Waals surface area (Å²) >= 11 is 1.10. The molecule has 0 spiro atoms. The maximum atomic E-state index is 11.9. The standard InChI is InChI=1S/C11H13N3O3S/c1-5-9(6(2)15)11(18-13-5)14-4-7(10(12)17)3-8(14)16/h7H,3-4H2,1-2H3,(H2,12,17). The molecule has 96 valence electrons. The Morgan fingerprint density at radius 2 is 2.17 bits per heavy atom. The number of ketones is 1. The van der Waals surface area contributed by atoms with Crippen LogP contribution in [0.15, 0.2) is 0 Å². The lowest BCUT2D eigenvalue weighted by Gasteiger charge is -2.14. The van der Waals surface area contributed by atoms with E-state index in [1.807, 2.05) is 0 Å². The van der Waals surface area contributed by atoms with Gasteiger partial charge in [-0.2, -0.15) is 4.37 Å². The zero-order valence-corrected chi connectivity index (χ0v) is 10.9. The van der Waals surface area contributed by atoms with E-state index in [1.54, 1.807) is 6.92 Å². The Morgan fingerprint density at radius 3 is 2.67 bits per heavy atom. The van der Waals surface area contributed by atoms with Gasteiger partial charge in [-0.25, -0.2) is 0 Å². The molecule has 0 radical (unpaired) electrons. The molecule has 7 heteroatoms. The summed E-state index contributed by atoms with van der Waals surface area (Å²) in [4.78, 5) is 36.0. The number of hydrogen-bond acceptors (Lipinski definition) is 5. The van der Waals surface area contributed by atoms with Crippen LogP contribution in [0.1, 0.15) is 29.4 Å². The topological polar surface area (TPSA) is 93.4 Å². The van der Waals surface area contributed by atoms with Crippen molar-refractivity contribution >= 4 is 34.1 Å². The van der Waals surface area contributed by atoms with Gasteiger partial charge in [0.1, 0.15) is 5.00 Å². The summed E-state index contributed by atoms with van der Waals surface area (Å²) in [6.45, 7) is 3.39. The van der Waals surface area contributed by atoms with Crippen LogP contribution in [0.5, 0.6) is 0 Å². The fourth-order valence-corrected chi connectivity index (χ4v) is 3.01. The van der Waals surface area contributed by atoms with Crippen molar-refractivity contribution in [1.82, 2.24) is 4.37 Å². The van der Waals surface area contributed by atoms with Gasteiger partial charge in [-0.3, -0.25) is 14.4 Å². The van der Waals surface area contributed by atoms with Crippen LogP contribution >= 0.6 is 11.5 Å². The van der Waals surface area contributed by atoms with Crippen molar-refractivity contribution in [2.45, 2.75) is 20.3 Å². The number of aryl methyl sites for hydroxylation is 1. The van der Waals surface area contributed by atoms with Gasteiger partial charge in [0.25, 0.3) is 0 Å². The first-order valence-corrected chi connectivity index (χ1v) is 6.26. The highest BCUT2D eigenvalue weighted by molar-refractivity contribution is 7.11. The van der Waals surface area contributed by atoms with Gasteiger partial charge in [0.15, 0.2) is 5.78 Å². The van der Waals surface area contributed by atoms with Gasteiger partial charge in [0.05, 0.1) is 17.2 Å². The molecule has 0 bridgehead atoms. The summed E-state index contributed by atoms with van der Waals surface area (Å²) in [5.74, 6) is -1.30. The molecule has 0 saturated carbocycles. The Kier molecular flexibility index (Phi) is 3.16. The van der Waals surface area contributed by atoms with Crippen LogP contribution in [-0.4, -0.2) is 28.5 Å². The van der Waals surface area contributed by atoms with E-state index in [-0.39, 0.29) is 24.7 Å². The van der Waals surface area contributed by atoms with Gasteiger partial charge < -0.3 is 10.6 Å². The Bertz CT molecular complexity index is 538. The second-order valence-electron chi connectivity index (χ2n) is 4.31. The average molecular weight is 267 g/mol. The first kappa shape index (κ1) is 12.7. The predicted octanol–water partition coefficient (Wildman–Crippen LogP) is 0.492. The largest absolute Gasteiger partial charge is 0.369 e. The lowest BCUT2D eigenvalue weighted by atomic mass is 10.1. The Morgan fingerprint density at radius 1 is 1.50 bits per heavy atom. The number of nitrogens with zero attached hydrogens (tertiary/aromatic N) is 2. The lowest BCUT2D eigenvalue weighted by Crippen LogP contribution is -2.28. The number of hydrogen-bond donors (Lipinski definition) is 1. The minimum atomic E-state index is -0.489. The van der Waals surface area contributed by atoms with Crippen molar-refractivity contribution in [1.29, 1.82) is 0 Å².